The normalized spacial score (nSPS) is 11.5. The van der Waals surface area contributed by atoms with Crippen molar-refractivity contribution in [1.82, 2.24) is 4.98 Å². The standard InChI is InChI=1S/C12H7F4N/c13-11-5-6-17-7-10(11)8-1-3-9(4-2-8)12(14,15)16/h1-7H. The Morgan fingerprint density at radius 1 is 0.941 bits per heavy atom. The van der Waals surface area contributed by atoms with Gasteiger partial charge in [0.1, 0.15) is 5.82 Å². The van der Waals surface area contributed by atoms with Crippen molar-refractivity contribution in [1.29, 1.82) is 0 Å². The number of halogens is 4. The number of nitrogens with zero attached hydrogens (tertiary/aromatic N) is 1. The van der Waals surface area contributed by atoms with Gasteiger partial charge in [0.2, 0.25) is 0 Å². The molecular formula is C12H7F4N. The predicted octanol–water partition coefficient (Wildman–Crippen LogP) is 3.91. The third-order valence-electron chi connectivity index (χ3n) is 2.29. The van der Waals surface area contributed by atoms with Crippen molar-refractivity contribution in [3.8, 4) is 11.1 Å². The Kier molecular flexibility index (Phi) is 2.83. The molecule has 0 spiro atoms. The fourth-order valence-corrected chi connectivity index (χ4v) is 1.43. The molecule has 2 rings (SSSR count). The fourth-order valence-electron chi connectivity index (χ4n) is 1.43. The molecule has 0 aliphatic rings. The van der Waals surface area contributed by atoms with Gasteiger partial charge in [0, 0.05) is 18.0 Å². The third kappa shape index (κ3) is 2.43. The number of aromatic nitrogens is 1. The number of alkyl halides is 3. The molecular weight excluding hydrogens is 234 g/mol. The third-order valence-corrected chi connectivity index (χ3v) is 2.29. The molecule has 5 heteroatoms. The summed E-state index contributed by atoms with van der Waals surface area (Å²) < 4.78 is 50.3. The summed E-state index contributed by atoms with van der Waals surface area (Å²) in [6, 6.07) is 5.45. The zero-order valence-electron chi connectivity index (χ0n) is 8.50. The van der Waals surface area contributed by atoms with E-state index in [1.165, 1.54) is 24.5 Å². The summed E-state index contributed by atoms with van der Waals surface area (Å²) in [6.45, 7) is 0. The Balaban J connectivity index is 2.40. The molecule has 0 aliphatic heterocycles. The molecule has 0 radical (unpaired) electrons. The molecule has 2 aromatic rings. The maximum absolute atomic E-state index is 13.3. The van der Waals surface area contributed by atoms with E-state index < -0.39 is 17.6 Å². The SMILES string of the molecule is Fc1ccncc1-c1ccc(C(F)(F)F)cc1. The zero-order chi connectivity index (χ0) is 12.5. The van der Waals surface area contributed by atoms with Crippen LogP contribution in [0.4, 0.5) is 17.6 Å². The lowest BCUT2D eigenvalue weighted by atomic mass is 10.1. The molecule has 0 N–H and O–H groups in total. The highest BCUT2D eigenvalue weighted by molar-refractivity contribution is 5.63. The average molecular weight is 241 g/mol. The number of hydrogen-bond donors (Lipinski definition) is 0. The summed E-state index contributed by atoms with van der Waals surface area (Å²) in [7, 11) is 0. The van der Waals surface area contributed by atoms with Crippen LogP contribution in [0.1, 0.15) is 5.56 Å². The first-order valence-corrected chi connectivity index (χ1v) is 4.75. The smallest absolute Gasteiger partial charge is 0.264 e. The van der Waals surface area contributed by atoms with Crippen LogP contribution >= 0.6 is 0 Å². The Morgan fingerprint density at radius 3 is 2.12 bits per heavy atom. The molecule has 0 amide bonds. The summed E-state index contributed by atoms with van der Waals surface area (Å²) in [6.07, 6.45) is -1.83. The number of pyridine rings is 1. The molecule has 1 aromatic heterocycles. The highest BCUT2D eigenvalue weighted by atomic mass is 19.4. The summed E-state index contributed by atoms with van der Waals surface area (Å²) in [5.74, 6) is -0.514. The molecule has 0 fully saturated rings. The molecule has 0 bridgehead atoms. The van der Waals surface area contributed by atoms with Crippen molar-refractivity contribution in [2.45, 2.75) is 6.18 Å². The average Bonchev–Trinajstić information content (AvgIpc) is 2.29. The molecule has 1 aromatic carbocycles. The second-order valence-electron chi connectivity index (χ2n) is 3.43. The molecule has 0 atom stereocenters. The predicted molar refractivity (Wildman–Crippen MR) is 54.6 cm³/mol. The summed E-state index contributed by atoms with van der Waals surface area (Å²) in [5.41, 5.74) is -0.213. The second-order valence-corrected chi connectivity index (χ2v) is 3.43. The van der Waals surface area contributed by atoms with Crippen LogP contribution in [0.15, 0.2) is 42.7 Å². The van der Waals surface area contributed by atoms with Gasteiger partial charge in [-0.15, -0.1) is 0 Å². The minimum absolute atomic E-state index is 0.182. The molecule has 88 valence electrons. The molecule has 0 unspecified atom stereocenters. The van der Waals surface area contributed by atoms with Gasteiger partial charge >= 0.3 is 6.18 Å². The van der Waals surface area contributed by atoms with Crippen LogP contribution in [0.25, 0.3) is 11.1 Å². The lowest BCUT2D eigenvalue weighted by molar-refractivity contribution is -0.137. The summed E-state index contributed by atoms with van der Waals surface area (Å²) >= 11 is 0. The van der Waals surface area contributed by atoms with Crippen molar-refractivity contribution in [2.75, 3.05) is 0 Å². The van der Waals surface area contributed by atoms with E-state index in [1.807, 2.05) is 0 Å². The quantitative estimate of drug-likeness (QED) is 0.690. The molecule has 0 saturated heterocycles. The first kappa shape index (κ1) is 11.6. The minimum Gasteiger partial charge on any atom is -0.264 e. The lowest BCUT2D eigenvalue weighted by Gasteiger charge is -2.07. The zero-order valence-corrected chi connectivity index (χ0v) is 8.50. The molecule has 0 aliphatic carbocycles. The number of rotatable bonds is 1. The molecule has 1 heterocycles. The van der Waals surface area contributed by atoms with E-state index in [-0.39, 0.29) is 5.56 Å². The highest BCUT2D eigenvalue weighted by Gasteiger charge is 2.30. The monoisotopic (exact) mass is 241 g/mol. The lowest BCUT2D eigenvalue weighted by Crippen LogP contribution is -2.04. The maximum Gasteiger partial charge on any atom is 0.416 e. The Labute approximate surface area is 94.7 Å². The molecule has 1 nitrogen and oxygen atoms in total. The molecule has 0 saturated carbocycles. The van der Waals surface area contributed by atoms with Gasteiger partial charge in [-0.1, -0.05) is 12.1 Å². The van der Waals surface area contributed by atoms with Crippen LogP contribution < -0.4 is 0 Å². The van der Waals surface area contributed by atoms with Gasteiger partial charge in [-0.3, -0.25) is 4.98 Å². The van der Waals surface area contributed by atoms with Gasteiger partial charge in [-0.2, -0.15) is 13.2 Å². The van der Waals surface area contributed by atoms with Crippen LogP contribution in [0.5, 0.6) is 0 Å². The maximum atomic E-state index is 13.3. The minimum atomic E-state index is -4.38. The van der Waals surface area contributed by atoms with E-state index in [0.717, 1.165) is 18.2 Å². The van der Waals surface area contributed by atoms with Crippen LogP contribution in [-0.4, -0.2) is 4.98 Å². The highest BCUT2D eigenvalue weighted by Crippen LogP contribution is 2.31. The van der Waals surface area contributed by atoms with Crippen LogP contribution in [-0.2, 0) is 6.18 Å². The van der Waals surface area contributed by atoms with Crippen LogP contribution in [0, 0.1) is 5.82 Å². The van der Waals surface area contributed by atoms with E-state index in [2.05, 4.69) is 4.98 Å². The second kappa shape index (κ2) is 4.16. The van der Waals surface area contributed by atoms with Crippen molar-refractivity contribution in [3.63, 3.8) is 0 Å². The van der Waals surface area contributed by atoms with E-state index in [0.29, 0.717) is 5.56 Å². The van der Waals surface area contributed by atoms with E-state index in [4.69, 9.17) is 0 Å². The number of benzene rings is 1. The first-order chi connectivity index (χ1) is 7.98. The van der Waals surface area contributed by atoms with Gasteiger partial charge in [0.15, 0.2) is 0 Å². The van der Waals surface area contributed by atoms with Crippen LogP contribution in [0.2, 0.25) is 0 Å². The Morgan fingerprint density at radius 2 is 1.59 bits per heavy atom. The van der Waals surface area contributed by atoms with E-state index in [9.17, 15) is 17.6 Å². The van der Waals surface area contributed by atoms with Crippen molar-refractivity contribution in [2.24, 2.45) is 0 Å². The van der Waals surface area contributed by atoms with Crippen LogP contribution in [0.3, 0.4) is 0 Å². The first-order valence-electron chi connectivity index (χ1n) is 4.75. The fraction of sp³-hybridized carbons (Fsp3) is 0.0833. The van der Waals surface area contributed by atoms with Gasteiger partial charge in [-0.25, -0.2) is 4.39 Å². The summed E-state index contributed by atoms with van der Waals surface area (Å²) in [4.78, 5) is 3.73. The van der Waals surface area contributed by atoms with Crippen molar-refractivity contribution < 1.29 is 17.6 Å². The van der Waals surface area contributed by atoms with Crippen molar-refractivity contribution >= 4 is 0 Å². The molecule has 17 heavy (non-hydrogen) atoms. The van der Waals surface area contributed by atoms with E-state index in [1.54, 1.807) is 0 Å². The topological polar surface area (TPSA) is 12.9 Å². The van der Waals surface area contributed by atoms with Gasteiger partial charge in [-0.05, 0) is 23.8 Å². The number of hydrogen-bond acceptors (Lipinski definition) is 1. The Hall–Kier alpha value is -1.91. The Bertz CT molecular complexity index is 517. The van der Waals surface area contributed by atoms with E-state index >= 15 is 0 Å². The van der Waals surface area contributed by atoms with Gasteiger partial charge in [0.25, 0.3) is 0 Å². The largest absolute Gasteiger partial charge is 0.416 e. The van der Waals surface area contributed by atoms with Crippen molar-refractivity contribution in [3.05, 3.63) is 54.1 Å². The van der Waals surface area contributed by atoms with Gasteiger partial charge in [0.05, 0.1) is 5.56 Å². The summed E-state index contributed by atoms with van der Waals surface area (Å²) in [5, 5.41) is 0. The van der Waals surface area contributed by atoms with Gasteiger partial charge < -0.3 is 0 Å².